The lowest BCUT2D eigenvalue weighted by atomic mass is 10.3. The number of hydroxylamine groups is 1. The number of carbonyl (C=O) groups is 1. The Balaban J connectivity index is 2.77. The molecule has 0 aliphatic carbocycles. The SMILES string of the molecule is C=CCN(OC(N)=O)c1ccccc1. The molecule has 14 heavy (non-hydrogen) atoms. The highest BCUT2D eigenvalue weighted by atomic mass is 16.7. The molecule has 74 valence electrons. The summed E-state index contributed by atoms with van der Waals surface area (Å²) in [6, 6.07) is 9.18. The van der Waals surface area contributed by atoms with Gasteiger partial charge in [-0.15, -0.1) is 6.58 Å². The Morgan fingerprint density at radius 1 is 1.50 bits per heavy atom. The minimum Gasteiger partial charge on any atom is -0.333 e. The zero-order valence-corrected chi connectivity index (χ0v) is 7.72. The highest BCUT2D eigenvalue weighted by molar-refractivity contribution is 5.66. The molecule has 0 saturated heterocycles. The van der Waals surface area contributed by atoms with E-state index in [1.807, 2.05) is 30.3 Å². The number of para-hydroxylation sites is 1. The first-order valence-electron chi connectivity index (χ1n) is 4.15. The molecule has 2 N–H and O–H groups in total. The molecule has 0 spiro atoms. The molecule has 0 aliphatic heterocycles. The van der Waals surface area contributed by atoms with Crippen LogP contribution in [-0.2, 0) is 4.84 Å². The first kappa shape index (κ1) is 10.1. The molecule has 0 saturated carbocycles. The number of hydrogen-bond donors (Lipinski definition) is 1. The number of carbonyl (C=O) groups excluding carboxylic acids is 1. The van der Waals surface area contributed by atoms with Crippen LogP contribution in [0.2, 0.25) is 0 Å². The fourth-order valence-corrected chi connectivity index (χ4v) is 1.02. The topological polar surface area (TPSA) is 55.6 Å². The van der Waals surface area contributed by atoms with E-state index in [1.165, 1.54) is 5.06 Å². The Labute approximate surface area is 82.5 Å². The van der Waals surface area contributed by atoms with Crippen LogP contribution in [0.5, 0.6) is 0 Å². The number of nitrogens with zero attached hydrogens (tertiary/aromatic N) is 1. The van der Waals surface area contributed by atoms with Gasteiger partial charge in [-0.1, -0.05) is 24.3 Å². The van der Waals surface area contributed by atoms with Crippen molar-refractivity contribution in [3.05, 3.63) is 43.0 Å². The predicted molar refractivity (Wildman–Crippen MR) is 54.7 cm³/mol. The highest BCUT2D eigenvalue weighted by Gasteiger charge is 2.07. The molecule has 0 heterocycles. The molecule has 1 rings (SSSR count). The molecule has 0 aromatic heterocycles. The number of nitrogens with two attached hydrogens (primary N) is 1. The average Bonchev–Trinajstić information content (AvgIpc) is 2.18. The summed E-state index contributed by atoms with van der Waals surface area (Å²) in [6.45, 7) is 3.96. The maximum absolute atomic E-state index is 10.6. The zero-order chi connectivity index (χ0) is 10.4. The molecule has 0 radical (unpaired) electrons. The second kappa shape index (κ2) is 4.91. The summed E-state index contributed by atoms with van der Waals surface area (Å²) in [5, 5.41) is 1.37. The number of amides is 1. The first-order chi connectivity index (χ1) is 6.74. The standard InChI is InChI=1S/C10H12N2O2/c1-2-8-12(14-10(11)13)9-6-4-3-5-7-9/h2-7H,1,8H2,(H2,11,13). The minimum atomic E-state index is -0.837. The van der Waals surface area contributed by atoms with Crippen molar-refractivity contribution < 1.29 is 9.63 Å². The Morgan fingerprint density at radius 3 is 2.64 bits per heavy atom. The van der Waals surface area contributed by atoms with Crippen molar-refractivity contribution in [1.29, 1.82) is 0 Å². The Bertz CT molecular complexity index is 311. The number of primary amides is 1. The van der Waals surface area contributed by atoms with Gasteiger partial charge >= 0.3 is 6.09 Å². The summed E-state index contributed by atoms with van der Waals surface area (Å²) in [7, 11) is 0. The smallest absolute Gasteiger partial charge is 0.333 e. The van der Waals surface area contributed by atoms with Gasteiger partial charge in [0.05, 0.1) is 12.2 Å². The zero-order valence-electron chi connectivity index (χ0n) is 7.72. The van der Waals surface area contributed by atoms with E-state index in [2.05, 4.69) is 6.58 Å². The molecule has 1 aromatic rings. The monoisotopic (exact) mass is 192 g/mol. The van der Waals surface area contributed by atoms with Gasteiger partial charge < -0.3 is 10.6 Å². The summed E-state index contributed by atoms with van der Waals surface area (Å²) in [5.74, 6) is 0. The molecule has 0 atom stereocenters. The van der Waals surface area contributed by atoms with Crippen molar-refractivity contribution in [2.45, 2.75) is 0 Å². The summed E-state index contributed by atoms with van der Waals surface area (Å²) in [4.78, 5) is 15.4. The van der Waals surface area contributed by atoms with E-state index >= 15 is 0 Å². The minimum absolute atomic E-state index is 0.396. The van der Waals surface area contributed by atoms with Crippen LogP contribution in [0, 0.1) is 0 Å². The number of rotatable bonds is 4. The molecular weight excluding hydrogens is 180 g/mol. The third-order valence-corrected chi connectivity index (χ3v) is 1.54. The number of benzene rings is 1. The van der Waals surface area contributed by atoms with Crippen LogP contribution in [0.15, 0.2) is 43.0 Å². The number of hydrogen-bond acceptors (Lipinski definition) is 3. The van der Waals surface area contributed by atoms with Crippen LogP contribution in [0.1, 0.15) is 0 Å². The van der Waals surface area contributed by atoms with Crippen LogP contribution >= 0.6 is 0 Å². The largest absolute Gasteiger partial charge is 0.429 e. The Kier molecular flexibility index (Phi) is 3.55. The van der Waals surface area contributed by atoms with Crippen LogP contribution in [-0.4, -0.2) is 12.6 Å². The molecule has 4 nitrogen and oxygen atoms in total. The van der Waals surface area contributed by atoms with E-state index < -0.39 is 6.09 Å². The van der Waals surface area contributed by atoms with Crippen molar-refractivity contribution in [1.82, 2.24) is 0 Å². The highest BCUT2D eigenvalue weighted by Crippen LogP contribution is 2.12. The second-order valence-electron chi connectivity index (χ2n) is 2.60. The number of anilines is 1. The first-order valence-corrected chi connectivity index (χ1v) is 4.15. The van der Waals surface area contributed by atoms with Crippen LogP contribution in [0.4, 0.5) is 10.5 Å². The third kappa shape index (κ3) is 2.82. The van der Waals surface area contributed by atoms with Crippen molar-refractivity contribution in [3.8, 4) is 0 Å². The lowest BCUT2D eigenvalue weighted by Gasteiger charge is -2.19. The molecule has 0 fully saturated rings. The fourth-order valence-electron chi connectivity index (χ4n) is 1.02. The average molecular weight is 192 g/mol. The Morgan fingerprint density at radius 2 is 2.14 bits per heavy atom. The van der Waals surface area contributed by atoms with Crippen LogP contribution in [0.3, 0.4) is 0 Å². The van der Waals surface area contributed by atoms with E-state index in [0.29, 0.717) is 6.54 Å². The second-order valence-corrected chi connectivity index (χ2v) is 2.60. The quantitative estimate of drug-likeness (QED) is 0.583. The molecule has 1 aromatic carbocycles. The molecule has 4 heteroatoms. The van der Waals surface area contributed by atoms with Gasteiger partial charge in [0.2, 0.25) is 0 Å². The van der Waals surface area contributed by atoms with E-state index in [0.717, 1.165) is 5.69 Å². The molecule has 0 aliphatic rings. The molecule has 0 unspecified atom stereocenters. The normalized spacial score (nSPS) is 9.14. The van der Waals surface area contributed by atoms with E-state index in [-0.39, 0.29) is 0 Å². The fraction of sp³-hybridized carbons (Fsp3) is 0.100. The predicted octanol–water partition coefficient (Wildman–Crippen LogP) is 1.69. The summed E-state index contributed by atoms with van der Waals surface area (Å²) in [5.41, 5.74) is 5.68. The van der Waals surface area contributed by atoms with Gasteiger partial charge in [0.1, 0.15) is 0 Å². The van der Waals surface area contributed by atoms with Gasteiger partial charge in [0, 0.05) is 0 Å². The van der Waals surface area contributed by atoms with Crippen molar-refractivity contribution >= 4 is 11.8 Å². The molecule has 1 amide bonds. The van der Waals surface area contributed by atoms with Crippen molar-refractivity contribution in [3.63, 3.8) is 0 Å². The summed E-state index contributed by atoms with van der Waals surface area (Å²) >= 11 is 0. The maximum atomic E-state index is 10.6. The van der Waals surface area contributed by atoms with Gasteiger partial charge in [-0.05, 0) is 12.1 Å². The van der Waals surface area contributed by atoms with E-state index in [4.69, 9.17) is 10.6 Å². The van der Waals surface area contributed by atoms with Gasteiger partial charge in [-0.25, -0.2) is 9.86 Å². The lowest BCUT2D eigenvalue weighted by molar-refractivity contribution is 0.146. The van der Waals surface area contributed by atoms with E-state index in [9.17, 15) is 4.79 Å². The third-order valence-electron chi connectivity index (χ3n) is 1.54. The van der Waals surface area contributed by atoms with Gasteiger partial charge in [0.25, 0.3) is 0 Å². The van der Waals surface area contributed by atoms with Crippen molar-refractivity contribution in [2.75, 3.05) is 11.6 Å². The van der Waals surface area contributed by atoms with Gasteiger partial charge in [-0.3, -0.25) is 0 Å². The lowest BCUT2D eigenvalue weighted by Crippen LogP contribution is -2.30. The van der Waals surface area contributed by atoms with E-state index in [1.54, 1.807) is 6.08 Å². The van der Waals surface area contributed by atoms with Crippen molar-refractivity contribution in [2.24, 2.45) is 5.73 Å². The summed E-state index contributed by atoms with van der Waals surface area (Å²) in [6.07, 6.45) is 0.784. The molecule has 0 bridgehead atoms. The Hall–Kier alpha value is -1.97. The van der Waals surface area contributed by atoms with Gasteiger partial charge in [-0.2, -0.15) is 0 Å². The summed E-state index contributed by atoms with van der Waals surface area (Å²) < 4.78 is 0. The van der Waals surface area contributed by atoms with Crippen LogP contribution < -0.4 is 10.8 Å². The van der Waals surface area contributed by atoms with Crippen LogP contribution in [0.25, 0.3) is 0 Å². The molecular formula is C10H12N2O2. The van der Waals surface area contributed by atoms with Gasteiger partial charge in [0.15, 0.2) is 0 Å². The maximum Gasteiger partial charge on any atom is 0.429 e.